The first-order chi connectivity index (χ1) is 16.7. The highest BCUT2D eigenvalue weighted by atomic mass is 16.6. The van der Waals surface area contributed by atoms with Crippen LogP contribution in [0.5, 0.6) is 0 Å². The Bertz CT molecular complexity index is 1170. The van der Waals surface area contributed by atoms with Crippen LogP contribution in [-0.2, 0) is 24.0 Å². The number of benzene rings is 1. The van der Waals surface area contributed by atoms with Gasteiger partial charge in [-0.05, 0) is 70.6 Å². The number of carbonyl (C=O) groups is 2. The van der Waals surface area contributed by atoms with Crippen LogP contribution >= 0.6 is 0 Å². The van der Waals surface area contributed by atoms with Crippen LogP contribution in [0.1, 0.15) is 67.7 Å². The molecule has 1 aromatic carbocycles. The van der Waals surface area contributed by atoms with Gasteiger partial charge in [0.2, 0.25) is 0 Å². The summed E-state index contributed by atoms with van der Waals surface area (Å²) in [7, 11) is 0. The van der Waals surface area contributed by atoms with Crippen LogP contribution in [0.15, 0.2) is 41.2 Å². The normalized spacial score (nSPS) is 12.9. The molecule has 0 radical (unpaired) electrons. The maximum Gasteiger partial charge on any atom is 0.410 e. The molecule has 1 aliphatic rings. The molecule has 0 unspecified atom stereocenters. The van der Waals surface area contributed by atoms with Crippen LogP contribution in [0.3, 0.4) is 0 Å². The van der Waals surface area contributed by atoms with Crippen LogP contribution in [0.25, 0.3) is 11.3 Å². The number of rotatable bonds is 7. The third kappa shape index (κ3) is 5.93. The molecule has 2 aromatic heterocycles. The van der Waals surface area contributed by atoms with Crippen LogP contribution in [0, 0.1) is 0 Å². The molecular formula is C27H34N4O4. The molecular weight excluding hydrogens is 444 g/mol. The zero-order valence-corrected chi connectivity index (χ0v) is 20.9. The molecule has 35 heavy (non-hydrogen) atoms. The van der Waals surface area contributed by atoms with E-state index in [1.807, 2.05) is 52.0 Å². The van der Waals surface area contributed by atoms with Gasteiger partial charge < -0.3 is 24.5 Å². The van der Waals surface area contributed by atoms with Gasteiger partial charge in [-0.15, -0.1) is 0 Å². The molecule has 0 atom stereocenters. The number of aromatic nitrogens is 2. The summed E-state index contributed by atoms with van der Waals surface area (Å²) in [5.74, 6) is 0.486. The number of anilines is 1. The fraction of sp³-hybridized carbons (Fsp3) is 0.444. The fourth-order valence-electron chi connectivity index (χ4n) is 4.31. The summed E-state index contributed by atoms with van der Waals surface area (Å²) in [5, 5.41) is 6.92. The Labute approximate surface area is 206 Å². The van der Waals surface area contributed by atoms with E-state index in [4.69, 9.17) is 9.26 Å². The molecule has 0 saturated carbocycles. The van der Waals surface area contributed by atoms with Crippen molar-refractivity contribution in [1.29, 1.82) is 0 Å². The highest BCUT2D eigenvalue weighted by Crippen LogP contribution is 2.35. The predicted octanol–water partition coefficient (Wildman–Crippen LogP) is 5.60. The lowest BCUT2D eigenvalue weighted by Gasteiger charge is -2.27. The fourth-order valence-corrected chi connectivity index (χ4v) is 4.31. The summed E-state index contributed by atoms with van der Waals surface area (Å²) >= 11 is 0. The van der Waals surface area contributed by atoms with Crippen LogP contribution in [0.2, 0.25) is 0 Å². The standard InChI is InChI=1S/C27H34N4O4/c1-5-14-31(26(33)34-27(2,3)4)15-13-18-9-11-20(12-10-18)30-25(32)21-17-28-22-8-6-7-19-16-29-35-24(19)23(21)22/h9-12,16-17,28H,5-8,13-15H2,1-4H3,(H,30,32). The van der Waals surface area contributed by atoms with E-state index in [1.54, 1.807) is 17.3 Å². The number of amides is 2. The minimum absolute atomic E-state index is 0.196. The lowest BCUT2D eigenvalue weighted by Crippen LogP contribution is -2.38. The Kier molecular flexibility index (Phi) is 7.28. The molecule has 8 heteroatoms. The number of aromatic amines is 1. The minimum Gasteiger partial charge on any atom is -0.444 e. The van der Waals surface area contributed by atoms with E-state index < -0.39 is 5.60 Å². The molecule has 186 valence electrons. The number of hydrogen-bond acceptors (Lipinski definition) is 5. The van der Waals surface area contributed by atoms with Gasteiger partial charge in [0.1, 0.15) is 5.60 Å². The Balaban J connectivity index is 1.40. The monoisotopic (exact) mass is 478 g/mol. The number of ether oxygens (including phenoxy) is 1. The smallest absolute Gasteiger partial charge is 0.410 e. The van der Waals surface area contributed by atoms with E-state index in [2.05, 4.69) is 15.5 Å². The Hall–Kier alpha value is -3.55. The summed E-state index contributed by atoms with van der Waals surface area (Å²) in [6.45, 7) is 8.88. The minimum atomic E-state index is -0.518. The van der Waals surface area contributed by atoms with Crippen molar-refractivity contribution in [3.63, 3.8) is 0 Å². The summed E-state index contributed by atoms with van der Waals surface area (Å²) in [6, 6.07) is 7.72. The predicted molar refractivity (Wildman–Crippen MR) is 135 cm³/mol. The van der Waals surface area contributed by atoms with E-state index >= 15 is 0 Å². The Morgan fingerprint density at radius 2 is 1.94 bits per heavy atom. The molecule has 3 aromatic rings. The summed E-state index contributed by atoms with van der Waals surface area (Å²) in [6.07, 6.45) is 7.48. The molecule has 0 fully saturated rings. The molecule has 2 heterocycles. The maximum atomic E-state index is 13.1. The second-order valence-corrected chi connectivity index (χ2v) is 9.96. The average Bonchev–Trinajstić information content (AvgIpc) is 3.40. The number of nitrogens with zero attached hydrogens (tertiary/aromatic N) is 2. The second-order valence-electron chi connectivity index (χ2n) is 9.96. The van der Waals surface area contributed by atoms with Gasteiger partial charge in [-0.1, -0.05) is 24.2 Å². The molecule has 0 saturated heterocycles. The molecule has 1 aliphatic carbocycles. The molecule has 4 rings (SSSR count). The third-order valence-corrected chi connectivity index (χ3v) is 5.98. The van der Waals surface area contributed by atoms with Crippen molar-refractivity contribution < 1.29 is 18.8 Å². The van der Waals surface area contributed by atoms with Crippen molar-refractivity contribution in [3.05, 3.63) is 59.0 Å². The van der Waals surface area contributed by atoms with Gasteiger partial charge in [0, 0.05) is 36.2 Å². The Morgan fingerprint density at radius 1 is 1.17 bits per heavy atom. The molecule has 8 nitrogen and oxygen atoms in total. The third-order valence-electron chi connectivity index (χ3n) is 5.98. The van der Waals surface area contributed by atoms with E-state index in [9.17, 15) is 9.59 Å². The van der Waals surface area contributed by atoms with Gasteiger partial charge in [-0.3, -0.25) is 4.79 Å². The zero-order valence-electron chi connectivity index (χ0n) is 20.9. The molecule has 2 N–H and O–H groups in total. The van der Waals surface area contributed by atoms with E-state index in [0.717, 1.165) is 48.1 Å². The zero-order chi connectivity index (χ0) is 25.0. The van der Waals surface area contributed by atoms with Crippen LogP contribution in [0.4, 0.5) is 10.5 Å². The summed E-state index contributed by atoms with van der Waals surface area (Å²) in [4.78, 5) is 30.6. The molecule has 0 spiro atoms. The van der Waals surface area contributed by atoms with Gasteiger partial charge in [-0.25, -0.2) is 4.79 Å². The second kappa shape index (κ2) is 10.4. The lowest BCUT2D eigenvalue weighted by molar-refractivity contribution is 0.0252. The van der Waals surface area contributed by atoms with Crippen LogP contribution in [-0.4, -0.2) is 45.7 Å². The molecule has 2 amide bonds. The van der Waals surface area contributed by atoms with Crippen molar-refractivity contribution in [2.24, 2.45) is 0 Å². The molecule has 0 bridgehead atoms. The van der Waals surface area contributed by atoms with Crippen molar-refractivity contribution >= 4 is 17.7 Å². The SMILES string of the molecule is CCCN(CCc1ccc(NC(=O)c2c[nH]c3c2-c2oncc2CCC3)cc1)C(=O)OC(C)(C)C. The van der Waals surface area contributed by atoms with Gasteiger partial charge in [-0.2, -0.15) is 0 Å². The lowest BCUT2D eigenvalue weighted by atomic mass is 10.0. The number of H-pyrrole nitrogens is 1. The quantitative estimate of drug-likeness (QED) is 0.460. The van der Waals surface area contributed by atoms with Crippen LogP contribution < -0.4 is 5.32 Å². The first-order valence-corrected chi connectivity index (χ1v) is 12.3. The molecule has 0 aliphatic heterocycles. The summed E-state index contributed by atoms with van der Waals surface area (Å²) < 4.78 is 11.0. The van der Waals surface area contributed by atoms with Crippen molar-refractivity contribution in [2.45, 2.75) is 65.4 Å². The van der Waals surface area contributed by atoms with Crippen molar-refractivity contribution in [1.82, 2.24) is 15.0 Å². The topological polar surface area (TPSA) is 100 Å². The average molecular weight is 479 g/mol. The van der Waals surface area contributed by atoms with Crippen molar-refractivity contribution in [3.8, 4) is 11.3 Å². The highest BCUT2D eigenvalue weighted by molar-refractivity contribution is 6.09. The largest absolute Gasteiger partial charge is 0.444 e. The number of nitrogens with one attached hydrogen (secondary N) is 2. The number of aryl methyl sites for hydroxylation is 2. The number of carbonyl (C=O) groups excluding carboxylic acids is 2. The van der Waals surface area contributed by atoms with Gasteiger partial charge in [0.15, 0.2) is 5.76 Å². The van der Waals surface area contributed by atoms with E-state index in [-0.39, 0.29) is 12.0 Å². The van der Waals surface area contributed by atoms with E-state index in [0.29, 0.717) is 36.5 Å². The highest BCUT2D eigenvalue weighted by Gasteiger charge is 2.26. The maximum absolute atomic E-state index is 13.1. The van der Waals surface area contributed by atoms with Crippen molar-refractivity contribution in [2.75, 3.05) is 18.4 Å². The Morgan fingerprint density at radius 3 is 2.66 bits per heavy atom. The first kappa shape index (κ1) is 24.6. The number of hydrogen-bond donors (Lipinski definition) is 2. The number of fused-ring (bicyclic) bond motifs is 3. The van der Waals surface area contributed by atoms with Gasteiger partial charge in [0.05, 0.1) is 17.3 Å². The first-order valence-electron chi connectivity index (χ1n) is 12.3. The summed E-state index contributed by atoms with van der Waals surface area (Å²) in [5.41, 5.74) is 4.66. The van der Waals surface area contributed by atoms with Gasteiger partial charge in [0.25, 0.3) is 5.91 Å². The van der Waals surface area contributed by atoms with Gasteiger partial charge >= 0.3 is 6.09 Å². The van der Waals surface area contributed by atoms with E-state index in [1.165, 1.54) is 0 Å².